The van der Waals surface area contributed by atoms with Crippen LogP contribution in [0.4, 0.5) is 19.0 Å². The lowest BCUT2D eigenvalue weighted by molar-refractivity contribution is -0.274. The summed E-state index contributed by atoms with van der Waals surface area (Å²) in [6.45, 7) is 8.03. The van der Waals surface area contributed by atoms with Crippen molar-refractivity contribution in [2.24, 2.45) is 16.3 Å². The van der Waals surface area contributed by atoms with Crippen LogP contribution in [-0.4, -0.2) is 68.7 Å². The van der Waals surface area contributed by atoms with Gasteiger partial charge in [-0.2, -0.15) is 5.26 Å². The van der Waals surface area contributed by atoms with Crippen molar-refractivity contribution in [2.45, 2.75) is 90.3 Å². The number of thiophene rings is 1. The minimum atomic E-state index is -4.93. The van der Waals surface area contributed by atoms with E-state index in [-0.39, 0.29) is 46.5 Å². The summed E-state index contributed by atoms with van der Waals surface area (Å²) in [4.78, 5) is 21.3. The van der Waals surface area contributed by atoms with E-state index in [1.54, 1.807) is 23.5 Å². The largest absolute Gasteiger partial charge is 0.573 e. The zero-order valence-electron chi connectivity index (χ0n) is 33.8. The summed E-state index contributed by atoms with van der Waals surface area (Å²) in [7, 11) is 0. The second-order valence-corrected chi connectivity index (χ2v) is 17.6. The number of hydrogen-bond donors (Lipinski definition) is 1. The van der Waals surface area contributed by atoms with Gasteiger partial charge in [-0.1, -0.05) is 30.9 Å². The number of carbonyl (C=O) groups excluding carboxylic acids is 1. The van der Waals surface area contributed by atoms with Crippen LogP contribution in [0, 0.1) is 48.4 Å². The minimum Gasteiger partial charge on any atom is -0.490 e. The first-order valence-electron chi connectivity index (χ1n) is 20.4. The Kier molecular flexibility index (Phi) is 10.5. The lowest BCUT2D eigenvalue weighted by Crippen LogP contribution is -2.62. The van der Waals surface area contributed by atoms with Gasteiger partial charge in [0, 0.05) is 64.3 Å². The molecule has 0 radical (unpaired) electrons. The molecular weight excluding hydrogens is 804 g/mol. The molecule has 9 rings (SSSR count). The summed E-state index contributed by atoms with van der Waals surface area (Å²) in [5.41, 5.74) is 4.66. The highest BCUT2D eigenvalue weighted by Crippen LogP contribution is 2.52. The average molecular weight is 846 g/mol. The molecule has 5 aromatic rings. The Morgan fingerprint density at radius 3 is 2.46 bits per heavy atom. The van der Waals surface area contributed by atoms with Crippen molar-refractivity contribution in [3.05, 3.63) is 93.5 Å². The van der Waals surface area contributed by atoms with Crippen LogP contribution in [0.3, 0.4) is 0 Å². The third-order valence-corrected chi connectivity index (χ3v) is 13.2. The van der Waals surface area contributed by atoms with Crippen molar-refractivity contribution >= 4 is 29.3 Å². The third kappa shape index (κ3) is 8.16. The van der Waals surface area contributed by atoms with E-state index in [0.717, 1.165) is 77.6 Å². The molecular formula is C45H42F3N9O3S. The number of nitrogens with zero attached hydrogens (tertiary/aromatic N) is 8. The Morgan fingerprint density at radius 1 is 1.00 bits per heavy atom. The number of ether oxygens (including phenoxy) is 2. The van der Waals surface area contributed by atoms with Crippen LogP contribution in [0.1, 0.15) is 102 Å². The molecule has 1 atom stereocenters. The fourth-order valence-electron chi connectivity index (χ4n) is 9.00. The molecule has 12 nitrogen and oxygen atoms in total. The van der Waals surface area contributed by atoms with Gasteiger partial charge in [0.25, 0.3) is 5.91 Å². The molecule has 0 unspecified atom stereocenters. The van der Waals surface area contributed by atoms with E-state index in [4.69, 9.17) is 15.0 Å². The molecule has 2 aromatic carbocycles. The van der Waals surface area contributed by atoms with E-state index in [0.29, 0.717) is 31.6 Å². The van der Waals surface area contributed by atoms with Crippen molar-refractivity contribution < 1.29 is 27.4 Å². The summed E-state index contributed by atoms with van der Waals surface area (Å²) in [5, 5.41) is 30.7. The summed E-state index contributed by atoms with van der Waals surface area (Å²) in [5.74, 6) is 9.05. The molecule has 2 saturated carbocycles. The van der Waals surface area contributed by atoms with Gasteiger partial charge < -0.3 is 19.7 Å². The Bertz CT molecular complexity index is 2600. The summed E-state index contributed by atoms with van der Waals surface area (Å²) < 4.78 is 50.4. The van der Waals surface area contributed by atoms with E-state index >= 15 is 0 Å². The molecule has 1 amide bonds. The minimum absolute atomic E-state index is 0.0177. The molecule has 2 aliphatic heterocycles. The SMILES string of the molecule is CC[C@@H]1N=Cc2c(sc(C)c2-c2ccc(C#CC3CC4(C3)CN(c3ccc(C(=O)NC5CCC(Oc6ccc(C#N)c(OC(F)(F)F)c6)CC5)nn3)C4)cc2)-n2c(C)nnc21. The second-order valence-electron chi connectivity index (χ2n) is 16.4. The average Bonchev–Trinajstić information content (AvgIpc) is 3.70. The number of aryl methyl sites for hydroxylation is 2. The highest BCUT2D eigenvalue weighted by molar-refractivity contribution is 7.15. The molecule has 1 spiro atoms. The van der Waals surface area contributed by atoms with E-state index in [1.807, 2.05) is 19.2 Å². The lowest BCUT2D eigenvalue weighted by Gasteiger charge is -2.58. The van der Waals surface area contributed by atoms with Gasteiger partial charge in [0.1, 0.15) is 28.7 Å². The fourth-order valence-corrected chi connectivity index (χ4v) is 10.2. The number of nitriles is 1. The van der Waals surface area contributed by atoms with Crippen molar-refractivity contribution in [3.8, 4) is 45.5 Å². The quantitative estimate of drug-likeness (QED) is 0.152. The Balaban J connectivity index is 0.731. The topological polar surface area (TPSA) is 143 Å². The van der Waals surface area contributed by atoms with Crippen LogP contribution in [0.5, 0.6) is 11.5 Å². The maximum Gasteiger partial charge on any atom is 0.573 e. The van der Waals surface area contributed by atoms with Crippen LogP contribution in [0.25, 0.3) is 16.1 Å². The van der Waals surface area contributed by atoms with Crippen molar-refractivity contribution in [1.82, 2.24) is 30.3 Å². The van der Waals surface area contributed by atoms with Crippen molar-refractivity contribution in [3.63, 3.8) is 0 Å². The number of nitrogens with one attached hydrogen (secondary N) is 1. The van der Waals surface area contributed by atoms with Gasteiger partial charge in [-0.25, -0.2) is 0 Å². The molecule has 1 saturated heterocycles. The Labute approximate surface area is 354 Å². The number of amides is 1. The molecule has 61 heavy (non-hydrogen) atoms. The first-order valence-corrected chi connectivity index (χ1v) is 21.3. The van der Waals surface area contributed by atoms with Crippen molar-refractivity contribution in [1.29, 1.82) is 5.26 Å². The van der Waals surface area contributed by atoms with Crippen LogP contribution in [0.15, 0.2) is 59.6 Å². The monoisotopic (exact) mass is 845 g/mol. The molecule has 5 heterocycles. The molecule has 1 N–H and O–H groups in total. The molecule has 0 bridgehead atoms. The number of rotatable bonds is 8. The van der Waals surface area contributed by atoms with Crippen LogP contribution >= 0.6 is 11.3 Å². The summed E-state index contributed by atoms with van der Waals surface area (Å²) in [6.07, 6.45) is 2.18. The predicted octanol–water partition coefficient (Wildman–Crippen LogP) is 8.44. The zero-order valence-corrected chi connectivity index (χ0v) is 34.6. The maximum absolute atomic E-state index is 13.0. The third-order valence-electron chi connectivity index (χ3n) is 12.0. The van der Waals surface area contributed by atoms with E-state index < -0.39 is 12.1 Å². The standard InChI is InChI=1S/C45H42F3N9O3S/c1-4-36-41-55-52-27(3)57(41)43-35(23-50-36)40(26(2)61-43)30-9-7-28(8-10-30)5-6-29-20-44(21-29)24-56(25-44)39-18-17-37(53-54-39)42(58)51-32-12-15-33(16-13-32)59-34-14-11-31(22-49)38(19-34)60-45(46,47)48/h7-11,14,17-19,23,29,32-33,36H,4,12-13,15-16,20-21,24-25H2,1-3H3,(H,51,58)/t32?,33?,36-/m0/s1. The number of aliphatic imine (C=N–C) groups is 1. The highest BCUT2D eigenvalue weighted by atomic mass is 32.1. The predicted molar refractivity (Wildman–Crippen MR) is 223 cm³/mol. The number of fused-ring (bicyclic) bond motifs is 3. The van der Waals surface area contributed by atoms with Gasteiger partial charge in [-0.05, 0) is 101 Å². The summed E-state index contributed by atoms with van der Waals surface area (Å²) >= 11 is 1.75. The van der Waals surface area contributed by atoms with Gasteiger partial charge >= 0.3 is 6.36 Å². The van der Waals surface area contributed by atoms with Gasteiger partial charge in [-0.3, -0.25) is 14.4 Å². The van der Waals surface area contributed by atoms with Gasteiger partial charge in [0.05, 0.1) is 11.7 Å². The lowest BCUT2D eigenvalue weighted by atomic mass is 9.58. The van der Waals surface area contributed by atoms with Crippen molar-refractivity contribution in [2.75, 3.05) is 18.0 Å². The van der Waals surface area contributed by atoms with Crippen LogP contribution in [-0.2, 0) is 0 Å². The number of anilines is 1. The molecule has 312 valence electrons. The molecule has 3 aromatic heterocycles. The molecule has 16 heteroatoms. The van der Waals surface area contributed by atoms with E-state index in [9.17, 15) is 18.0 Å². The molecule has 3 fully saturated rings. The molecule has 4 aliphatic rings. The first kappa shape index (κ1) is 40.2. The number of halogens is 3. The number of alkyl halides is 3. The molecule has 2 aliphatic carbocycles. The Morgan fingerprint density at radius 2 is 1.77 bits per heavy atom. The Hall–Kier alpha value is -6.26. The fraction of sp³-hybridized carbons (Fsp3) is 0.400. The number of carbonyl (C=O) groups is 1. The smallest absolute Gasteiger partial charge is 0.490 e. The maximum atomic E-state index is 13.0. The van der Waals surface area contributed by atoms with Gasteiger partial charge in [-0.15, -0.1) is 44.9 Å². The first-order chi connectivity index (χ1) is 29.4. The van der Waals surface area contributed by atoms with Crippen LogP contribution in [0.2, 0.25) is 0 Å². The van der Waals surface area contributed by atoms with Gasteiger partial charge in [0.2, 0.25) is 0 Å². The van der Waals surface area contributed by atoms with Crippen LogP contribution < -0.4 is 19.7 Å². The van der Waals surface area contributed by atoms with Gasteiger partial charge in [0.15, 0.2) is 23.1 Å². The number of benzene rings is 2. The van der Waals surface area contributed by atoms with E-state index in [2.05, 4.69) is 89.9 Å². The summed E-state index contributed by atoms with van der Waals surface area (Å²) in [6, 6.07) is 17.4. The normalized spacial score (nSPS) is 20.2. The number of aromatic nitrogens is 5. The zero-order chi connectivity index (χ0) is 42.5. The second kappa shape index (κ2) is 16.0. The van der Waals surface area contributed by atoms with E-state index in [1.165, 1.54) is 22.6 Å². The highest BCUT2D eigenvalue weighted by Gasteiger charge is 2.52. The number of hydrogen-bond acceptors (Lipinski definition) is 11.